The van der Waals surface area contributed by atoms with Gasteiger partial charge in [0, 0.05) is 39.3 Å². The number of likely N-dealkylation sites (tertiary alicyclic amines) is 1. The smallest absolute Gasteiger partial charge is 0.302 e. The van der Waals surface area contributed by atoms with E-state index in [1.165, 1.54) is 25.9 Å². The summed E-state index contributed by atoms with van der Waals surface area (Å²) >= 11 is 0. The molecule has 0 atom stereocenters. The lowest BCUT2D eigenvalue weighted by Crippen LogP contribution is -2.50. The molecule has 0 aromatic heterocycles. The van der Waals surface area contributed by atoms with Gasteiger partial charge in [0.05, 0.1) is 0 Å². The second-order valence-corrected chi connectivity index (χ2v) is 5.09. The van der Waals surface area contributed by atoms with Gasteiger partial charge in [-0.25, -0.2) is 6.57 Å². The summed E-state index contributed by atoms with van der Waals surface area (Å²) in [5.41, 5.74) is 0. The predicted molar refractivity (Wildman–Crippen MR) is 70.2 cm³/mol. The van der Waals surface area contributed by atoms with Gasteiger partial charge in [0.25, 0.3) is 6.54 Å². The lowest BCUT2D eigenvalue weighted by atomic mass is 10.3. The van der Waals surface area contributed by atoms with Gasteiger partial charge >= 0.3 is 5.91 Å². The Morgan fingerprint density at radius 3 is 2.06 bits per heavy atom. The van der Waals surface area contributed by atoms with Crippen LogP contribution in [0.2, 0.25) is 0 Å². The van der Waals surface area contributed by atoms with E-state index in [0.29, 0.717) is 0 Å². The highest BCUT2D eigenvalue weighted by atomic mass is 16.2. The molecule has 18 heavy (non-hydrogen) atoms. The fourth-order valence-corrected chi connectivity index (χ4v) is 2.68. The highest BCUT2D eigenvalue weighted by Crippen LogP contribution is 2.08. The number of amides is 1. The summed E-state index contributed by atoms with van der Waals surface area (Å²) in [6.07, 6.45) is 2.69. The molecule has 2 saturated heterocycles. The second kappa shape index (κ2) is 6.72. The number of hydrogen-bond donors (Lipinski definition) is 0. The van der Waals surface area contributed by atoms with Gasteiger partial charge in [0.15, 0.2) is 0 Å². The van der Waals surface area contributed by atoms with Crippen molar-refractivity contribution in [2.24, 2.45) is 0 Å². The summed E-state index contributed by atoms with van der Waals surface area (Å²) in [6.45, 7) is 15.0. The summed E-state index contributed by atoms with van der Waals surface area (Å²) in [4.78, 5) is 21.5. The van der Waals surface area contributed by atoms with Crippen LogP contribution in [0, 0.1) is 6.57 Å². The molecule has 0 aromatic carbocycles. The van der Waals surface area contributed by atoms with Gasteiger partial charge in [-0.2, -0.15) is 0 Å². The number of rotatable bonds is 4. The first-order chi connectivity index (χ1) is 8.79. The summed E-state index contributed by atoms with van der Waals surface area (Å²) in [6, 6.07) is 0. The molecule has 5 nitrogen and oxygen atoms in total. The minimum absolute atomic E-state index is 0.00772. The molecule has 2 aliphatic rings. The Morgan fingerprint density at radius 1 is 0.944 bits per heavy atom. The maximum atomic E-state index is 11.6. The Balaban J connectivity index is 1.64. The number of nitrogens with zero attached hydrogens (tertiary/aromatic N) is 4. The molecule has 0 spiro atoms. The van der Waals surface area contributed by atoms with Crippen molar-refractivity contribution in [3.8, 4) is 0 Å². The minimum Gasteiger partial charge on any atom is -0.334 e. The van der Waals surface area contributed by atoms with E-state index in [1.807, 2.05) is 4.90 Å². The van der Waals surface area contributed by atoms with Crippen molar-refractivity contribution in [2.75, 3.05) is 58.9 Å². The molecule has 1 amide bonds. The molecule has 0 saturated carbocycles. The van der Waals surface area contributed by atoms with Crippen molar-refractivity contribution in [1.29, 1.82) is 0 Å². The minimum atomic E-state index is -0.0100. The third kappa shape index (κ3) is 3.69. The van der Waals surface area contributed by atoms with Gasteiger partial charge in [-0.15, -0.1) is 0 Å². The van der Waals surface area contributed by atoms with Gasteiger partial charge in [-0.05, 0) is 25.9 Å². The standard InChI is InChI=1S/C13H22N4O/c1-14-12-13(18)17-10-8-16(9-11-17)7-6-15-4-2-3-5-15/h2-12H2. The molecule has 0 radical (unpaired) electrons. The van der Waals surface area contributed by atoms with Crippen molar-refractivity contribution in [3.05, 3.63) is 11.4 Å². The zero-order chi connectivity index (χ0) is 12.8. The second-order valence-electron chi connectivity index (χ2n) is 5.09. The molecule has 100 valence electrons. The third-order valence-electron chi connectivity index (χ3n) is 3.87. The molecule has 2 heterocycles. The van der Waals surface area contributed by atoms with Crippen LogP contribution in [0.1, 0.15) is 12.8 Å². The van der Waals surface area contributed by atoms with E-state index in [4.69, 9.17) is 6.57 Å². The highest BCUT2D eigenvalue weighted by molar-refractivity contribution is 5.79. The van der Waals surface area contributed by atoms with Crippen molar-refractivity contribution >= 4 is 5.91 Å². The van der Waals surface area contributed by atoms with Crippen molar-refractivity contribution < 1.29 is 4.79 Å². The summed E-state index contributed by atoms with van der Waals surface area (Å²) in [5.74, 6) is -0.0100. The Morgan fingerprint density at radius 2 is 1.50 bits per heavy atom. The van der Waals surface area contributed by atoms with E-state index >= 15 is 0 Å². The third-order valence-corrected chi connectivity index (χ3v) is 3.87. The number of carbonyl (C=O) groups excluding carboxylic acids is 1. The topological polar surface area (TPSA) is 31.2 Å². The van der Waals surface area contributed by atoms with Crippen LogP contribution in [0.5, 0.6) is 0 Å². The number of hydrogen-bond acceptors (Lipinski definition) is 3. The van der Waals surface area contributed by atoms with E-state index in [0.717, 1.165) is 39.3 Å². The maximum Gasteiger partial charge on any atom is 0.302 e. The van der Waals surface area contributed by atoms with Gasteiger partial charge in [-0.3, -0.25) is 9.69 Å². The van der Waals surface area contributed by atoms with E-state index in [2.05, 4.69) is 14.6 Å². The van der Waals surface area contributed by atoms with E-state index in [9.17, 15) is 4.79 Å². The first kappa shape index (κ1) is 13.3. The predicted octanol–water partition coefficient (Wildman–Crippen LogP) is 0.146. The molecule has 2 fully saturated rings. The van der Waals surface area contributed by atoms with Gasteiger partial charge in [-0.1, -0.05) is 0 Å². The summed E-state index contributed by atoms with van der Waals surface area (Å²) < 4.78 is 0. The molecule has 0 N–H and O–H groups in total. The summed E-state index contributed by atoms with van der Waals surface area (Å²) in [7, 11) is 0. The molecule has 5 heteroatoms. The molecule has 0 bridgehead atoms. The van der Waals surface area contributed by atoms with Crippen LogP contribution in [0.4, 0.5) is 0 Å². The molecular formula is C13H22N4O. The maximum absolute atomic E-state index is 11.6. The Bertz CT molecular complexity index is 311. The van der Waals surface area contributed by atoms with Crippen molar-refractivity contribution in [3.63, 3.8) is 0 Å². The van der Waals surface area contributed by atoms with Crippen LogP contribution in [0.3, 0.4) is 0 Å². The van der Waals surface area contributed by atoms with Crippen molar-refractivity contribution in [1.82, 2.24) is 14.7 Å². The van der Waals surface area contributed by atoms with Crippen LogP contribution in [0.15, 0.2) is 0 Å². The highest BCUT2D eigenvalue weighted by Gasteiger charge is 2.22. The average molecular weight is 250 g/mol. The zero-order valence-electron chi connectivity index (χ0n) is 11.0. The Hall–Kier alpha value is -1.12. The molecule has 0 aromatic rings. The zero-order valence-corrected chi connectivity index (χ0v) is 11.0. The Labute approximate surface area is 109 Å². The van der Waals surface area contributed by atoms with Crippen LogP contribution in [0.25, 0.3) is 4.85 Å². The summed E-state index contributed by atoms with van der Waals surface area (Å²) in [5, 5.41) is 0. The fraction of sp³-hybridized carbons (Fsp3) is 0.846. The first-order valence-electron chi connectivity index (χ1n) is 6.85. The van der Waals surface area contributed by atoms with Crippen LogP contribution < -0.4 is 0 Å². The van der Waals surface area contributed by atoms with Crippen LogP contribution >= 0.6 is 0 Å². The molecule has 0 aliphatic carbocycles. The largest absolute Gasteiger partial charge is 0.334 e. The quantitative estimate of drug-likeness (QED) is 0.665. The SMILES string of the molecule is [C-]#[N+]CC(=O)N1CCN(CCN2CCCC2)CC1. The Kier molecular flexibility index (Phi) is 4.97. The monoisotopic (exact) mass is 250 g/mol. The molecule has 2 aliphatic heterocycles. The van der Waals surface area contributed by atoms with Gasteiger partial charge in [0.1, 0.15) is 0 Å². The normalized spacial score (nSPS) is 22.1. The number of carbonyl (C=O) groups is 1. The molecular weight excluding hydrogens is 228 g/mol. The molecule has 2 rings (SSSR count). The van der Waals surface area contributed by atoms with Gasteiger partial charge < -0.3 is 14.6 Å². The number of piperazine rings is 1. The molecule has 0 unspecified atom stereocenters. The van der Waals surface area contributed by atoms with E-state index in [-0.39, 0.29) is 12.5 Å². The first-order valence-corrected chi connectivity index (χ1v) is 6.85. The van der Waals surface area contributed by atoms with Gasteiger partial charge in [0.2, 0.25) is 0 Å². The lowest BCUT2D eigenvalue weighted by molar-refractivity contribution is -0.130. The lowest BCUT2D eigenvalue weighted by Gasteiger charge is -2.34. The average Bonchev–Trinajstić information content (AvgIpc) is 2.90. The van der Waals surface area contributed by atoms with E-state index in [1.54, 1.807) is 0 Å². The van der Waals surface area contributed by atoms with Crippen LogP contribution in [-0.2, 0) is 4.79 Å². The van der Waals surface area contributed by atoms with Crippen molar-refractivity contribution in [2.45, 2.75) is 12.8 Å². The van der Waals surface area contributed by atoms with E-state index < -0.39 is 0 Å². The van der Waals surface area contributed by atoms with Crippen LogP contribution in [-0.4, -0.2) is 79.5 Å². The fourth-order valence-electron chi connectivity index (χ4n) is 2.68.